The Labute approximate surface area is 203 Å². The molecule has 0 radical (unpaired) electrons. The Bertz CT molecular complexity index is 1190. The van der Waals surface area contributed by atoms with E-state index < -0.39 is 6.04 Å². The lowest BCUT2D eigenvalue weighted by Gasteiger charge is -2.40. The van der Waals surface area contributed by atoms with Gasteiger partial charge in [0.1, 0.15) is 11.6 Å². The number of pyridine rings is 1. The quantitative estimate of drug-likeness (QED) is 0.543. The standard InChI is InChI=1S/C26H29ClFN3O3/c1-18-17-23(32)24(26(33)31(18)15-16-34-2)25(21-5-3-4-6-22(21)27)30-13-11-29(12-14-30)20-9-7-19(28)8-10-20/h3-10,17,25,32H,11-16H2,1-2H3/t25-/m0/s1. The number of hydrogen-bond donors (Lipinski definition) is 1. The van der Waals surface area contributed by atoms with E-state index in [9.17, 15) is 14.3 Å². The molecule has 1 saturated heterocycles. The molecule has 0 bridgehead atoms. The maximum absolute atomic E-state index is 13.6. The molecule has 6 nitrogen and oxygen atoms in total. The van der Waals surface area contributed by atoms with Crippen molar-refractivity contribution in [3.63, 3.8) is 0 Å². The summed E-state index contributed by atoms with van der Waals surface area (Å²) in [7, 11) is 1.59. The number of aromatic hydroxyl groups is 1. The Balaban J connectivity index is 1.72. The van der Waals surface area contributed by atoms with Crippen LogP contribution >= 0.6 is 11.6 Å². The highest BCUT2D eigenvalue weighted by Gasteiger charge is 2.32. The van der Waals surface area contributed by atoms with Gasteiger partial charge in [0.2, 0.25) is 0 Å². The van der Waals surface area contributed by atoms with Gasteiger partial charge >= 0.3 is 0 Å². The van der Waals surface area contributed by atoms with Crippen molar-refractivity contribution >= 4 is 17.3 Å². The summed E-state index contributed by atoms with van der Waals surface area (Å²) in [4.78, 5) is 18.0. The van der Waals surface area contributed by atoms with Crippen LogP contribution in [0.3, 0.4) is 0 Å². The van der Waals surface area contributed by atoms with E-state index in [1.54, 1.807) is 42.9 Å². The van der Waals surface area contributed by atoms with Crippen LogP contribution in [0, 0.1) is 12.7 Å². The SMILES string of the molecule is COCCn1c(C)cc(O)c([C@H](c2ccccc2Cl)N2CCN(c3ccc(F)cc3)CC2)c1=O. The number of methoxy groups -OCH3 is 1. The van der Waals surface area contributed by atoms with E-state index in [4.69, 9.17) is 16.3 Å². The first-order valence-electron chi connectivity index (χ1n) is 11.3. The molecule has 0 aliphatic carbocycles. The molecule has 2 heterocycles. The number of aryl methyl sites for hydroxylation is 1. The summed E-state index contributed by atoms with van der Waals surface area (Å²) in [5.74, 6) is -0.303. The maximum Gasteiger partial charge on any atom is 0.259 e. The molecule has 8 heteroatoms. The molecule has 1 N–H and O–H groups in total. The van der Waals surface area contributed by atoms with Crippen molar-refractivity contribution in [2.75, 3.05) is 44.8 Å². The van der Waals surface area contributed by atoms with Crippen LogP contribution in [0.1, 0.15) is 22.9 Å². The van der Waals surface area contributed by atoms with Crippen LogP contribution in [0.5, 0.6) is 5.75 Å². The molecule has 0 spiro atoms. The van der Waals surface area contributed by atoms with Crippen molar-refractivity contribution in [1.29, 1.82) is 0 Å². The minimum atomic E-state index is -0.508. The Morgan fingerprint density at radius 3 is 2.41 bits per heavy atom. The largest absolute Gasteiger partial charge is 0.507 e. The molecule has 1 aliphatic heterocycles. The summed E-state index contributed by atoms with van der Waals surface area (Å²) in [5, 5.41) is 11.5. The lowest BCUT2D eigenvalue weighted by atomic mass is 9.95. The number of ether oxygens (including phenoxy) is 1. The zero-order chi connectivity index (χ0) is 24.2. The summed E-state index contributed by atoms with van der Waals surface area (Å²) in [6.07, 6.45) is 0. The molecule has 1 atom stereocenters. The smallest absolute Gasteiger partial charge is 0.259 e. The van der Waals surface area contributed by atoms with E-state index in [0.717, 1.165) is 11.3 Å². The zero-order valence-electron chi connectivity index (χ0n) is 19.4. The third-order valence-corrected chi connectivity index (χ3v) is 6.73. The fraction of sp³-hybridized carbons (Fsp3) is 0.346. The number of halogens is 2. The molecule has 3 aromatic rings. The van der Waals surface area contributed by atoms with Crippen LogP contribution in [-0.2, 0) is 11.3 Å². The normalized spacial score (nSPS) is 15.5. The van der Waals surface area contributed by atoms with Crippen molar-refractivity contribution in [3.05, 3.63) is 92.6 Å². The van der Waals surface area contributed by atoms with Crippen LogP contribution in [-0.4, -0.2) is 54.5 Å². The van der Waals surface area contributed by atoms with E-state index in [1.165, 1.54) is 12.1 Å². The molecule has 0 unspecified atom stereocenters. The molecular weight excluding hydrogens is 457 g/mol. The average Bonchev–Trinajstić information content (AvgIpc) is 2.83. The van der Waals surface area contributed by atoms with Crippen LogP contribution < -0.4 is 10.5 Å². The van der Waals surface area contributed by atoms with Crippen LogP contribution in [0.4, 0.5) is 10.1 Å². The second-order valence-electron chi connectivity index (χ2n) is 8.46. The van der Waals surface area contributed by atoms with Gasteiger partial charge in [0, 0.05) is 56.2 Å². The highest BCUT2D eigenvalue weighted by Crippen LogP contribution is 2.37. The maximum atomic E-state index is 13.6. The summed E-state index contributed by atoms with van der Waals surface area (Å²) < 4.78 is 20.2. The molecule has 1 aliphatic rings. The van der Waals surface area contributed by atoms with Gasteiger partial charge in [-0.15, -0.1) is 0 Å². The number of anilines is 1. The van der Waals surface area contributed by atoms with Gasteiger partial charge < -0.3 is 19.3 Å². The third kappa shape index (κ3) is 4.97. The van der Waals surface area contributed by atoms with Gasteiger partial charge in [-0.05, 0) is 48.9 Å². The van der Waals surface area contributed by atoms with Gasteiger partial charge in [-0.3, -0.25) is 9.69 Å². The Morgan fingerprint density at radius 1 is 1.09 bits per heavy atom. The molecule has 34 heavy (non-hydrogen) atoms. The number of piperazine rings is 1. The van der Waals surface area contributed by atoms with Crippen molar-refractivity contribution in [3.8, 4) is 5.75 Å². The molecular formula is C26H29ClFN3O3. The van der Waals surface area contributed by atoms with Crippen molar-refractivity contribution < 1.29 is 14.2 Å². The summed E-state index contributed by atoms with van der Waals surface area (Å²) in [6.45, 7) is 5.23. The predicted molar refractivity (Wildman–Crippen MR) is 132 cm³/mol. The molecule has 1 aromatic heterocycles. The highest BCUT2D eigenvalue weighted by atomic mass is 35.5. The second-order valence-corrected chi connectivity index (χ2v) is 8.86. The van der Waals surface area contributed by atoms with Gasteiger partial charge in [0.05, 0.1) is 18.2 Å². The van der Waals surface area contributed by atoms with Crippen LogP contribution in [0.25, 0.3) is 0 Å². The summed E-state index contributed by atoms with van der Waals surface area (Å²) in [5.41, 5.74) is 2.46. The van der Waals surface area contributed by atoms with Crippen molar-refractivity contribution in [2.24, 2.45) is 0 Å². The first kappa shape index (κ1) is 24.3. The predicted octanol–water partition coefficient (Wildman–Crippen LogP) is 4.21. The van der Waals surface area contributed by atoms with Crippen molar-refractivity contribution in [1.82, 2.24) is 9.47 Å². The lowest BCUT2D eigenvalue weighted by molar-refractivity contribution is 0.183. The van der Waals surface area contributed by atoms with Gasteiger partial charge in [-0.1, -0.05) is 29.8 Å². The average molecular weight is 486 g/mol. The van der Waals surface area contributed by atoms with Gasteiger partial charge in [-0.2, -0.15) is 0 Å². The minimum absolute atomic E-state index is 0.0398. The number of rotatable bonds is 7. The van der Waals surface area contributed by atoms with E-state index in [1.807, 2.05) is 18.2 Å². The first-order chi connectivity index (χ1) is 16.4. The molecule has 2 aromatic carbocycles. The highest BCUT2D eigenvalue weighted by molar-refractivity contribution is 6.31. The van der Waals surface area contributed by atoms with Gasteiger partial charge in [0.15, 0.2) is 0 Å². The Morgan fingerprint density at radius 2 is 1.76 bits per heavy atom. The fourth-order valence-electron chi connectivity index (χ4n) is 4.61. The minimum Gasteiger partial charge on any atom is -0.507 e. The number of hydrogen-bond acceptors (Lipinski definition) is 5. The zero-order valence-corrected chi connectivity index (χ0v) is 20.1. The topological polar surface area (TPSA) is 57.9 Å². The number of aromatic nitrogens is 1. The fourth-order valence-corrected chi connectivity index (χ4v) is 4.85. The monoisotopic (exact) mass is 485 g/mol. The molecule has 1 fully saturated rings. The van der Waals surface area contributed by atoms with Crippen LogP contribution in [0.15, 0.2) is 59.4 Å². The summed E-state index contributed by atoms with van der Waals surface area (Å²) in [6, 6.07) is 15.0. The van der Waals surface area contributed by atoms with E-state index in [2.05, 4.69) is 9.80 Å². The Hall–Kier alpha value is -2.87. The van der Waals surface area contributed by atoms with Gasteiger partial charge in [-0.25, -0.2) is 4.39 Å². The number of benzene rings is 2. The van der Waals surface area contributed by atoms with Crippen LogP contribution in [0.2, 0.25) is 5.02 Å². The molecule has 0 amide bonds. The van der Waals surface area contributed by atoms with E-state index in [0.29, 0.717) is 55.6 Å². The van der Waals surface area contributed by atoms with Crippen molar-refractivity contribution in [2.45, 2.75) is 19.5 Å². The molecule has 4 rings (SSSR count). The Kier molecular flexibility index (Phi) is 7.56. The van der Waals surface area contributed by atoms with Gasteiger partial charge in [0.25, 0.3) is 5.56 Å². The molecule has 0 saturated carbocycles. The number of nitrogens with zero attached hydrogens (tertiary/aromatic N) is 3. The second kappa shape index (κ2) is 10.6. The van der Waals surface area contributed by atoms with E-state index in [-0.39, 0.29) is 17.1 Å². The first-order valence-corrected chi connectivity index (χ1v) is 11.7. The van der Waals surface area contributed by atoms with E-state index >= 15 is 0 Å². The summed E-state index contributed by atoms with van der Waals surface area (Å²) >= 11 is 6.60. The molecule has 180 valence electrons. The third-order valence-electron chi connectivity index (χ3n) is 6.39. The lowest BCUT2D eigenvalue weighted by Crippen LogP contribution is -2.49.